The Hall–Kier alpha value is -2.95. The molecule has 10 heteroatoms. The molecular weight excluding hydrogens is 592 g/mol. The zero-order valence-electron chi connectivity index (χ0n) is 28.4. The van der Waals surface area contributed by atoms with Crippen molar-refractivity contribution in [3.63, 3.8) is 0 Å². The van der Waals surface area contributed by atoms with Crippen LogP contribution in [-0.2, 0) is 42.8 Å². The molecule has 2 saturated heterocycles. The number of furan rings is 1. The van der Waals surface area contributed by atoms with Gasteiger partial charge in [0.25, 0.3) is 0 Å². The van der Waals surface area contributed by atoms with Gasteiger partial charge in [0.15, 0.2) is 6.29 Å². The first-order chi connectivity index (χ1) is 21.7. The van der Waals surface area contributed by atoms with Crippen molar-refractivity contribution in [2.45, 2.75) is 117 Å². The molecule has 5 aliphatic rings. The lowest BCUT2D eigenvalue weighted by atomic mass is 9.39. The third-order valence-electron chi connectivity index (χ3n) is 12.4. The first-order valence-electron chi connectivity index (χ1n) is 16.4. The van der Waals surface area contributed by atoms with Crippen LogP contribution in [0.5, 0.6) is 0 Å². The van der Waals surface area contributed by atoms with E-state index in [1.54, 1.807) is 32.6 Å². The fourth-order valence-electron chi connectivity index (χ4n) is 10.4. The van der Waals surface area contributed by atoms with Gasteiger partial charge in [-0.1, -0.05) is 32.4 Å². The Morgan fingerprint density at radius 1 is 0.978 bits per heavy atom. The quantitative estimate of drug-likeness (QED) is 0.167. The van der Waals surface area contributed by atoms with Crippen LogP contribution >= 0.6 is 0 Å². The topological polar surface area (TPSA) is 120 Å². The van der Waals surface area contributed by atoms with Crippen LogP contribution in [0.15, 0.2) is 45.8 Å². The van der Waals surface area contributed by atoms with Gasteiger partial charge in [0.05, 0.1) is 31.3 Å². The van der Waals surface area contributed by atoms with Crippen molar-refractivity contribution in [3.05, 3.63) is 47.0 Å². The molecule has 1 aromatic heterocycles. The van der Waals surface area contributed by atoms with E-state index in [1.165, 1.54) is 13.8 Å². The van der Waals surface area contributed by atoms with Gasteiger partial charge in [-0.3, -0.25) is 9.59 Å². The lowest BCUT2D eigenvalue weighted by Gasteiger charge is -2.66. The highest BCUT2D eigenvalue weighted by Gasteiger charge is 2.77. The molecule has 12 unspecified atom stereocenters. The fourth-order valence-corrected chi connectivity index (χ4v) is 10.4. The molecule has 0 spiro atoms. The number of rotatable bonds is 6. The summed E-state index contributed by atoms with van der Waals surface area (Å²) in [6.07, 6.45) is 3.32. The smallest absolute Gasteiger partial charge is 0.333 e. The molecule has 252 valence electrons. The third-order valence-corrected chi connectivity index (χ3v) is 12.4. The second-order valence-corrected chi connectivity index (χ2v) is 14.7. The van der Waals surface area contributed by atoms with Crippen LogP contribution in [0, 0.1) is 28.1 Å². The standard InChI is InChI=1S/C36H48O10/c1-10-18(2)33(39)46-32-30-31-34(6,17-42-30)26(43-20(4)37)15-27(44-21(5)38)35(31,7)25-14-28(40-9)45-24-13-23(22-11-12-41-16-22)19(3)29(24)36(25,32)8/h10-12,16,23-28,30-32H,13-15,17H2,1-9H3. The van der Waals surface area contributed by atoms with Crippen LogP contribution in [0.2, 0.25) is 0 Å². The van der Waals surface area contributed by atoms with Crippen LogP contribution in [-0.4, -0.2) is 68.4 Å². The van der Waals surface area contributed by atoms with Crippen LogP contribution in [0.1, 0.15) is 86.1 Å². The minimum absolute atomic E-state index is 0.0321. The summed E-state index contributed by atoms with van der Waals surface area (Å²) >= 11 is 0. The number of fused-ring (bicyclic) bond motifs is 4. The Balaban J connectivity index is 1.62. The molecule has 0 radical (unpaired) electrons. The van der Waals surface area contributed by atoms with Gasteiger partial charge in [0.1, 0.15) is 18.3 Å². The van der Waals surface area contributed by atoms with E-state index in [0.717, 1.165) is 16.7 Å². The van der Waals surface area contributed by atoms with E-state index < -0.39 is 64.9 Å². The number of carbonyl (C=O) groups is 3. The second kappa shape index (κ2) is 11.6. The summed E-state index contributed by atoms with van der Waals surface area (Å²) in [5.41, 5.74) is 1.60. The number of esters is 3. The van der Waals surface area contributed by atoms with Crippen molar-refractivity contribution in [2.24, 2.45) is 28.1 Å². The average molecular weight is 641 g/mol. The zero-order valence-corrected chi connectivity index (χ0v) is 28.4. The van der Waals surface area contributed by atoms with Crippen molar-refractivity contribution < 1.29 is 47.2 Å². The molecule has 10 nitrogen and oxygen atoms in total. The van der Waals surface area contributed by atoms with Crippen LogP contribution < -0.4 is 0 Å². The maximum absolute atomic E-state index is 13.7. The minimum atomic E-state index is -0.808. The van der Waals surface area contributed by atoms with Gasteiger partial charge >= 0.3 is 17.9 Å². The maximum atomic E-state index is 13.7. The van der Waals surface area contributed by atoms with Gasteiger partial charge in [-0.25, -0.2) is 4.79 Å². The van der Waals surface area contributed by atoms with E-state index in [4.69, 9.17) is 32.8 Å². The molecule has 46 heavy (non-hydrogen) atoms. The summed E-state index contributed by atoms with van der Waals surface area (Å²) in [7, 11) is 1.65. The van der Waals surface area contributed by atoms with Gasteiger partial charge in [-0.15, -0.1) is 0 Å². The Morgan fingerprint density at radius 2 is 1.67 bits per heavy atom. The predicted octanol–water partition coefficient (Wildman–Crippen LogP) is 5.65. The lowest BCUT2D eigenvalue weighted by molar-refractivity contribution is -0.262. The fraction of sp³-hybridized carbons (Fsp3) is 0.694. The monoisotopic (exact) mass is 640 g/mol. The van der Waals surface area contributed by atoms with E-state index in [1.807, 2.05) is 13.0 Å². The molecular formula is C36H48O10. The number of carbonyl (C=O) groups excluding carboxylic acids is 3. The summed E-state index contributed by atoms with van der Waals surface area (Å²) in [5, 5.41) is 0. The average Bonchev–Trinajstić information content (AvgIpc) is 3.71. The molecule has 0 aromatic carbocycles. The van der Waals surface area contributed by atoms with Crippen molar-refractivity contribution in [1.82, 2.24) is 0 Å². The van der Waals surface area contributed by atoms with Gasteiger partial charge in [0.2, 0.25) is 0 Å². The SMILES string of the molecule is CC=C(C)C(=O)OC1C2OCC3(C)C(OC(C)=O)CC(OC(C)=O)C(C)(C23)C2CC(OC)OC3CC(c4ccoc4)C(C)=C3C12C. The molecule has 2 saturated carbocycles. The summed E-state index contributed by atoms with van der Waals surface area (Å²) in [4.78, 5) is 38.9. The van der Waals surface area contributed by atoms with E-state index in [2.05, 4.69) is 27.7 Å². The highest BCUT2D eigenvalue weighted by Crippen LogP contribution is 2.73. The minimum Gasteiger partial charge on any atom is -0.472 e. The lowest BCUT2D eigenvalue weighted by Crippen LogP contribution is -2.72. The molecule has 2 aliphatic heterocycles. The molecule has 1 aromatic rings. The van der Waals surface area contributed by atoms with Crippen molar-refractivity contribution in [3.8, 4) is 0 Å². The van der Waals surface area contributed by atoms with Crippen molar-refractivity contribution >= 4 is 17.9 Å². The first kappa shape index (κ1) is 33.0. The van der Waals surface area contributed by atoms with Gasteiger partial charge in [-0.05, 0) is 50.3 Å². The Bertz CT molecular complexity index is 1440. The summed E-state index contributed by atoms with van der Waals surface area (Å²) < 4.78 is 43.9. The Kier molecular flexibility index (Phi) is 8.34. The number of allylic oxidation sites excluding steroid dienone is 2. The van der Waals surface area contributed by atoms with E-state index in [-0.39, 0.29) is 23.9 Å². The molecule has 0 N–H and O–H groups in total. The Morgan fingerprint density at radius 3 is 2.28 bits per heavy atom. The van der Waals surface area contributed by atoms with Crippen LogP contribution in [0.4, 0.5) is 0 Å². The maximum Gasteiger partial charge on any atom is 0.333 e. The van der Waals surface area contributed by atoms with Crippen LogP contribution in [0.25, 0.3) is 0 Å². The normalized spacial score (nSPS) is 43.2. The number of methoxy groups -OCH3 is 1. The van der Waals surface area contributed by atoms with E-state index >= 15 is 0 Å². The Labute approximate surface area is 271 Å². The van der Waals surface area contributed by atoms with E-state index in [9.17, 15) is 14.4 Å². The van der Waals surface area contributed by atoms with Gasteiger partial charge < -0.3 is 32.8 Å². The molecule has 3 aliphatic carbocycles. The number of hydrogen-bond donors (Lipinski definition) is 0. The number of ether oxygens (including phenoxy) is 6. The zero-order chi connectivity index (χ0) is 33.3. The predicted molar refractivity (Wildman–Crippen MR) is 165 cm³/mol. The van der Waals surface area contributed by atoms with Crippen molar-refractivity contribution in [1.29, 1.82) is 0 Å². The first-order valence-corrected chi connectivity index (χ1v) is 16.4. The molecule has 4 fully saturated rings. The van der Waals surface area contributed by atoms with Gasteiger partial charge in [-0.2, -0.15) is 0 Å². The molecule has 6 rings (SSSR count). The van der Waals surface area contributed by atoms with Crippen molar-refractivity contribution in [2.75, 3.05) is 13.7 Å². The third kappa shape index (κ3) is 4.72. The van der Waals surface area contributed by atoms with Gasteiger partial charge in [0, 0.05) is 67.5 Å². The number of hydrogen-bond acceptors (Lipinski definition) is 10. The summed E-state index contributed by atoms with van der Waals surface area (Å²) in [6, 6.07) is 1.98. The highest BCUT2D eigenvalue weighted by molar-refractivity contribution is 5.87. The van der Waals surface area contributed by atoms with E-state index in [0.29, 0.717) is 31.4 Å². The highest BCUT2D eigenvalue weighted by atomic mass is 16.7. The second-order valence-electron chi connectivity index (χ2n) is 14.7. The molecule has 12 atom stereocenters. The van der Waals surface area contributed by atoms with Crippen LogP contribution in [0.3, 0.4) is 0 Å². The molecule has 3 heterocycles. The summed E-state index contributed by atoms with van der Waals surface area (Å²) in [6.45, 7) is 15.2. The largest absolute Gasteiger partial charge is 0.472 e. The molecule has 0 amide bonds. The molecule has 0 bridgehead atoms. The summed E-state index contributed by atoms with van der Waals surface area (Å²) in [5.74, 6) is -1.75.